The summed E-state index contributed by atoms with van der Waals surface area (Å²) in [6.45, 7) is 0.343. The van der Waals surface area contributed by atoms with Gasteiger partial charge in [0.2, 0.25) is 10.0 Å². The smallest absolute Gasteiger partial charge is 0.293 e. The second-order valence-electron chi connectivity index (χ2n) is 5.06. The third-order valence-electron chi connectivity index (χ3n) is 3.30. The summed E-state index contributed by atoms with van der Waals surface area (Å²) in [6, 6.07) is 11.8. The highest BCUT2D eigenvalue weighted by atomic mass is 79.9. The van der Waals surface area contributed by atoms with E-state index in [9.17, 15) is 18.5 Å². The van der Waals surface area contributed by atoms with E-state index in [0.717, 1.165) is 5.56 Å². The first-order valence-electron chi connectivity index (χ1n) is 6.97. The van der Waals surface area contributed by atoms with Crippen LogP contribution in [0.1, 0.15) is 11.1 Å². The summed E-state index contributed by atoms with van der Waals surface area (Å²) < 4.78 is 26.1. The van der Waals surface area contributed by atoms with Gasteiger partial charge in [0.25, 0.3) is 5.69 Å². The average molecular weight is 414 g/mol. The van der Waals surface area contributed by atoms with Gasteiger partial charge in [0, 0.05) is 17.1 Å². The van der Waals surface area contributed by atoms with Gasteiger partial charge in [0.05, 0.1) is 10.7 Å². The molecule has 7 nitrogen and oxygen atoms in total. The fourth-order valence-electron chi connectivity index (χ4n) is 2.12. The maximum Gasteiger partial charge on any atom is 0.293 e. The summed E-state index contributed by atoms with van der Waals surface area (Å²) in [5, 5.41) is 14.1. The van der Waals surface area contributed by atoms with E-state index in [1.165, 1.54) is 13.1 Å². The molecule has 0 aromatic heterocycles. The van der Waals surface area contributed by atoms with Gasteiger partial charge >= 0.3 is 0 Å². The van der Waals surface area contributed by atoms with Crippen LogP contribution in [-0.4, -0.2) is 20.4 Å². The molecule has 0 aliphatic rings. The molecule has 9 heteroatoms. The molecule has 0 fully saturated rings. The summed E-state index contributed by atoms with van der Waals surface area (Å²) in [5.41, 5.74) is 1.85. The Hall–Kier alpha value is -1.97. The molecular weight excluding hydrogens is 398 g/mol. The quantitative estimate of drug-likeness (QED) is 0.536. The first-order chi connectivity index (χ1) is 11.3. The second kappa shape index (κ2) is 7.73. The van der Waals surface area contributed by atoms with Crippen LogP contribution < -0.4 is 10.0 Å². The monoisotopic (exact) mass is 413 g/mol. The van der Waals surface area contributed by atoms with Crippen molar-refractivity contribution in [2.45, 2.75) is 12.3 Å². The van der Waals surface area contributed by atoms with Crippen molar-refractivity contribution in [3.8, 4) is 0 Å². The molecule has 0 aliphatic heterocycles. The van der Waals surface area contributed by atoms with Crippen LogP contribution in [0.4, 0.5) is 11.4 Å². The molecule has 2 aromatic carbocycles. The van der Waals surface area contributed by atoms with E-state index in [1.54, 1.807) is 30.3 Å². The van der Waals surface area contributed by atoms with Gasteiger partial charge in [-0.2, -0.15) is 0 Å². The summed E-state index contributed by atoms with van der Waals surface area (Å²) in [4.78, 5) is 10.6. The Balaban J connectivity index is 2.14. The molecule has 0 amide bonds. The van der Waals surface area contributed by atoms with Crippen LogP contribution in [0.5, 0.6) is 0 Å². The van der Waals surface area contributed by atoms with E-state index in [0.29, 0.717) is 22.3 Å². The number of nitrogens with zero attached hydrogens (tertiary/aromatic N) is 1. The van der Waals surface area contributed by atoms with E-state index in [-0.39, 0.29) is 11.4 Å². The van der Waals surface area contributed by atoms with E-state index < -0.39 is 14.9 Å². The molecule has 0 aliphatic carbocycles. The van der Waals surface area contributed by atoms with Crippen molar-refractivity contribution in [1.82, 2.24) is 4.72 Å². The summed E-state index contributed by atoms with van der Waals surface area (Å²) in [6.07, 6.45) is 0. The molecule has 0 saturated heterocycles. The van der Waals surface area contributed by atoms with E-state index >= 15 is 0 Å². The van der Waals surface area contributed by atoms with Crippen LogP contribution in [0.3, 0.4) is 0 Å². The number of nitrogens with one attached hydrogen (secondary N) is 2. The predicted octanol–water partition coefficient (Wildman–Crippen LogP) is 3.02. The van der Waals surface area contributed by atoms with Crippen LogP contribution >= 0.6 is 15.9 Å². The first-order valence-corrected chi connectivity index (χ1v) is 9.42. The minimum Gasteiger partial charge on any atom is -0.375 e. The SMILES string of the molecule is CNS(=O)(=O)Cc1cccc(CNc2ccc(Br)cc2[N+](=O)[O-])c1. The maximum absolute atomic E-state index is 11.6. The molecule has 0 saturated carbocycles. The zero-order valence-corrected chi connectivity index (χ0v) is 15.2. The lowest BCUT2D eigenvalue weighted by molar-refractivity contribution is -0.384. The summed E-state index contributed by atoms with van der Waals surface area (Å²) in [7, 11) is -1.98. The standard InChI is InChI=1S/C15H16BrN3O4S/c1-17-24(22,23)10-12-4-2-3-11(7-12)9-18-14-6-5-13(16)8-15(14)19(20)21/h2-8,17-18H,9-10H2,1H3. The Bertz CT molecular complexity index is 856. The number of benzene rings is 2. The molecule has 2 aromatic rings. The van der Waals surface area contributed by atoms with Crippen molar-refractivity contribution in [3.63, 3.8) is 0 Å². The normalized spacial score (nSPS) is 11.2. The highest BCUT2D eigenvalue weighted by Crippen LogP contribution is 2.28. The Labute approximate surface area is 148 Å². The van der Waals surface area contributed by atoms with Crippen molar-refractivity contribution < 1.29 is 13.3 Å². The average Bonchev–Trinajstić information content (AvgIpc) is 2.53. The Morgan fingerprint density at radius 2 is 1.88 bits per heavy atom. The summed E-state index contributed by atoms with van der Waals surface area (Å²) >= 11 is 3.21. The van der Waals surface area contributed by atoms with E-state index in [4.69, 9.17) is 0 Å². The minimum absolute atomic E-state index is 0.0294. The van der Waals surface area contributed by atoms with Crippen LogP contribution in [0.25, 0.3) is 0 Å². The zero-order chi connectivity index (χ0) is 17.7. The fraction of sp³-hybridized carbons (Fsp3) is 0.200. The number of anilines is 1. The molecule has 0 radical (unpaired) electrons. The number of hydrogen-bond donors (Lipinski definition) is 2. The molecule has 128 valence electrons. The van der Waals surface area contributed by atoms with Crippen molar-refractivity contribution in [3.05, 3.63) is 68.2 Å². The number of nitro benzene ring substituents is 1. The van der Waals surface area contributed by atoms with Gasteiger partial charge in [-0.1, -0.05) is 40.2 Å². The topological polar surface area (TPSA) is 101 Å². The lowest BCUT2D eigenvalue weighted by atomic mass is 10.1. The maximum atomic E-state index is 11.6. The van der Waals surface area contributed by atoms with E-state index in [2.05, 4.69) is 26.0 Å². The lowest BCUT2D eigenvalue weighted by Crippen LogP contribution is -2.20. The number of rotatable bonds is 7. The zero-order valence-electron chi connectivity index (χ0n) is 12.8. The molecule has 0 unspecified atom stereocenters. The van der Waals surface area contributed by atoms with Crippen molar-refractivity contribution >= 4 is 37.3 Å². The van der Waals surface area contributed by atoms with Gasteiger partial charge in [0.15, 0.2) is 0 Å². The van der Waals surface area contributed by atoms with E-state index in [1.807, 2.05) is 6.07 Å². The predicted molar refractivity (Wildman–Crippen MR) is 96.2 cm³/mol. The minimum atomic E-state index is -3.34. The second-order valence-corrected chi connectivity index (χ2v) is 7.90. The Kier molecular flexibility index (Phi) is 5.92. The van der Waals surface area contributed by atoms with Gasteiger partial charge in [-0.05, 0) is 30.3 Å². The van der Waals surface area contributed by atoms with Gasteiger partial charge < -0.3 is 5.32 Å². The fourth-order valence-corrected chi connectivity index (χ4v) is 3.24. The largest absolute Gasteiger partial charge is 0.375 e. The molecule has 2 rings (SSSR count). The molecule has 0 atom stereocenters. The van der Waals surface area contributed by atoms with Crippen molar-refractivity contribution in [2.75, 3.05) is 12.4 Å². The van der Waals surface area contributed by atoms with Crippen LogP contribution in [0, 0.1) is 10.1 Å². The van der Waals surface area contributed by atoms with Crippen LogP contribution in [-0.2, 0) is 22.3 Å². The Morgan fingerprint density at radius 1 is 1.17 bits per heavy atom. The third-order valence-corrected chi connectivity index (χ3v) is 5.13. The number of sulfonamides is 1. The Morgan fingerprint density at radius 3 is 2.54 bits per heavy atom. The molecule has 24 heavy (non-hydrogen) atoms. The lowest BCUT2D eigenvalue weighted by Gasteiger charge is -2.09. The number of hydrogen-bond acceptors (Lipinski definition) is 5. The van der Waals surface area contributed by atoms with Crippen LogP contribution in [0.2, 0.25) is 0 Å². The first kappa shape index (κ1) is 18.4. The molecular formula is C15H16BrN3O4S. The van der Waals surface area contributed by atoms with Gasteiger partial charge in [-0.3, -0.25) is 10.1 Å². The molecule has 2 N–H and O–H groups in total. The third kappa shape index (κ3) is 5.02. The summed E-state index contributed by atoms with van der Waals surface area (Å²) in [5.74, 6) is -0.115. The highest BCUT2D eigenvalue weighted by Gasteiger charge is 2.14. The van der Waals surface area contributed by atoms with Gasteiger partial charge in [-0.25, -0.2) is 13.1 Å². The van der Waals surface area contributed by atoms with Gasteiger partial charge in [0.1, 0.15) is 5.69 Å². The van der Waals surface area contributed by atoms with Gasteiger partial charge in [-0.15, -0.1) is 0 Å². The van der Waals surface area contributed by atoms with Crippen molar-refractivity contribution in [2.24, 2.45) is 0 Å². The van der Waals surface area contributed by atoms with Crippen LogP contribution in [0.15, 0.2) is 46.9 Å². The highest BCUT2D eigenvalue weighted by molar-refractivity contribution is 9.10. The van der Waals surface area contributed by atoms with Crippen molar-refractivity contribution in [1.29, 1.82) is 0 Å². The molecule has 0 bridgehead atoms. The molecule has 0 spiro atoms. The number of nitro groups is 1. The molecule has 0 heterocycles. The number of halogens is 1.